The summed E-state index contributed by atoms with van der Waals surface area (Å²) < 4.78 is 13.3. The summed E-state index contributed by atoms with van der Waals surface area (Å²) >= 11 is 0. The van der Waals surface area contributed by atoms with Crippen LogP contribution >= 0.6 is 0 Å². The first-order valence-corrected chi connectivity index (χ1v) is 7.20. The van der Waals surface area contributed by atoms with Crippen LogP contribution in [0.3, 0.4) is 0 Å². The van der Waals surface area contributed by atoms with Crippen LogP contribution in [0.2, 0.25) is 0 Å². The second-order valence-electron chi connectivity index (χ2n) is 6.04. The predicted molar refractivity (Wildman–Crippen MR) is 80.4 cm³/mol. The van der Waals surface area contributed by atoms with Gasteiger partial charge >= 0.3 is 0 Å². The molecule has 3 N–H and O–H groups in total. The lowest BCUT2D eigenvalue weighted by atomic mass is 9.87. The van der Waals surface area contributed by atoms with Crippen LogP contribution in [0, 0.1) is 11.2 Å². The fraction of sp³-hybridized carbons (Fsp3) is 0.625. The van der Waals surface area contributed by atoms with Gasteiger partial charge in [-0.05, 0) is 23.5 Å². The summed E-state index contributed by atoms with van der Waals surface area (Å²) in [5, 5.41) is 3.39. The molecule has 0 fully saturated rings. The molecule has 0 spiro atoms. The Hall–Kier alpha value is -1.09. The average Bonchev–Trinajstić information content (AvgIpc) is 2.34. The predicted octanol–water partition coefficient (Wildman–Crippen LogP) is 4.10. The van der Waals surface area contributed by atoms with Gasteiger partial charge in [-0.1, -0.05) is 52.2 Å². The smallest absolute Gasteiger partial charge is 0.146 e. The van der Waals surface area contributed by atoms with E-state index in [-0.39, 0.29) is 16.9 Å². The van der Waals surface area contributed by atoms with E-state index in [1.807, 2.05) is 6.07 Å². The maximum atomic E-state index is 13.3. The van der Waals surface area contributed by atoms with Crippen molar-refractivity contribution in [3.63, 3.8) is 0 Å². The van der Waals surface area contributed by atoms with E-state index in [0.717, 1.165) is 12.1 Å². The van der Waals surface area contributed by atoms with E-state index in [1.54, 1.807) is 6.07 Å². The molecule has 0 aromatic heterocycles. The normalized spacial score (nSPS) is 11.8. The minimum atomic E-state index is -0.332. The highest BCUT2D eigenvalue weighted by molar-refractivity contribution is 5.47. The summed E-state index contributed by atoms with van der Waals surface area (Å²) in [6, 6.07) is 4.97. The molecule has 0 radical (unpaired) electrons. The van der Waals surface area contributed by atoms with Gasteiger partial charge in [0.05, 0.1) is 5.69 Å². The van der Waals surface area contributed by atoms with Gasteiger partial charge in [0.15, 0.2) is 0 Å². The minimum absolute atomic E-state index is 0.263. The molecular weight excluding hydrogens is 239 g/mol. The van der Waals surface area contributed by atoms with Crippen LogP contribution in [0.15, 0.2) is 18.2 Å². The van der Waals surface area contributed by atoms with Gasteiger partial charge in [0.25, 0.3) is 0 Å². The average molecular weight is 266 g/mol. The van der Waals surface area contributed by atoms with Crippen molar-refractivity contribution in [2.24, 2.45) is 5.41 Å². The lowest BCUT2D eigenvalue weighted by Crippen LogP contribution is -2.29. The molecule has 0 saturated carbocycles. The fourth-order valence-electron chi connectivity index (χ4n) is 2.21. The van der Waals surface area contributed by atoms with Crippen LogP contribution in [-0.2, 0) is 6.54 Å². The highest BCUT2D eigenvalue weighted by atomic mass is 19.1. The summed E-state index contributed by atoms with van der Waals surface area (Å²) in [6.07, 6.45) is 5.03. The number of hydrogen-bond acceptors (Lipinski definition) is 2. The van der Waals surface area contributed by atoms with E-state index in [1.165, 1.54) is 31.7 Å². The molecule has 0 unspecified atom stereocenters. The number of rotatable bonds is 8. The quantitative estimate of drug-likeness (QED) is 0.549. The third kappa shape index (κ3) is 5.60. The van der Waals surface area contributed by atoms with Gasteiger partial charge in [0, 0.05) is 13.1 Å². The van der Waals surface area contributed by atoms with Gasteiger partial charge in [-0.2, -0.15) is 0 Å². The van der Waals surface area contributed by atoms with E-state index < -0.39 is 0 Å². The van der Waals surface area contributed by atoms with Gasteiger partial charge in [0.2, 0.25) is 0 Å². The van der Waals surface area contributed by atoms with Gasteiger partial charge in [-0.3, -0.25) is 0 Å². The Morgan fingerprint density at radius 2 is 2.00 bits per heavy atom. The van der Waals surface area contributed by atoms with Crippen molar-refractivity contribution in [1.82, 2.24) is 5.32 Å². The summed E-state index contributed by atoms with van der Waals surface area (Å²) in [7, 11) is 0. The van der Waals surface area contributed by atoms with Gasteiger partial charge < -0.3 is 11.1 Å². The Balaban J connectivity index is 2.38. The van der Waals surface area contributed by atoms with Crippen LogP contribution in [0.5, 0.6) is 0 Å². The van der Waals surface area contributed by atoms with Crippen LogP contribution in [-0.4, -0.2) is 6.54 Å². The zero-order valence-corrected chi connectivity index (χ0v) is 12.4. The third-order valence-corrected chi connectivity index (χ3v) is 3.52. The second-order valence-corrected chi connectivity index (χ2v) is 6.04. The van der Waals surface area contributed by atoms with Crippen LogP contribution in [0.4, 0.5) is 10.1 Å². The number of benzene rings is 1. The summed E-state index contributed by atoms with van der Waals surface area (Å²) in [5.41, 5.74) is 7.09. The third-order valence-electron chi connectivity index (χ3n) is 3.52. The summed E-state index contributed by atoms with van der Waals surface area (Å²) in [5.74, 6) is -0.332. The number of hydrogen-bond donors (Lipinski definition) is 2. The molecule has 1 rings (SSSR count). The van der Waals surface area contributed by atoms with E-state index in [9.17, 15) is 4.39 Å². The molecule has 0 aliphatic carbocycles. The SMILES string of the molecule is CCCCCC(C)(C)CNCc1cccc(F)c1N. The highest BCUT2D eigenvalue weighted by Crippen LogP contribution is 2.23. The first-order valence-electron chi connectivity index (χ1n) is 7.20. The summed E-state index contributed by atoms with van der Waals surface area (Å²) in [4.78, 5) is 0. The topological polar surface area (TPSA) is 38.0 Å². The van der Waals surface area contributed by atoms with Crippen molar-refractivity contribution in [3.8, 4) is 0 Å². The first kappa shape index (κ1) is 16.0. The first-order chi connectivity index (χ1) is 8.96. The van der Waals surface area contributed by atoms with Gasteiger partial charge in [0.1, 0.15) is 5.82 Å². The Morgan fingerprint density at radius 3 is 2.68 bits per heavy atom. The maximum Gasteiger partial charge on any atom is 0.146 e. The van der Waals surface area contributed by atoms with Gasteiger partial charge in [-0.25, -0.2) is 4.39 Å². The number of nitrogen functional groups attached to an aromatic ring is 1. The van der Waals surface area contributed by atoms with E-state index in [4.69, 9.17) is 5.73 Å². The van der Waals surface area contributed by atoms with Crippen molar-refractivity contribution >= 4 is 5.69 Å². The largest absolute Gasteiger partial charge is 0.396 e. The Labute approximate surface area is 116 Å². The van der Waals surface area contributed by atoms with E-state index >= 15 is 0 Å². The molecule has 0 saturated heterocycles. The molecule has 1 aromatic rings. The molecule has 108 valence electrons. The van der Waals surface area contributed by atoms with E-state index in [0.29, 0.717) is 6.54 Å². The number of anilines is 1. The molecule has 0 heterocycles. The zero-order valence-electron chi connectivity index (χ0n) is 12.4. The maximum absolute atomic E-state index is 13.3. The molecule has 1 aromatic carbocycles. The second kappa shape index (κ2) is 7.49. The number of halogens is 1. The monoisotopic (exact) mass is 266 g/mol. The highest BCUT2D eigenvalue weighted by Gasteiger charge is 2.16. The molecule has 0 aliphatic heterocycles. The Bertz CT molecular complexity index is 388. The molecule has 19 heavy (non-hydrogen) atoms. The number of unbranched alkanes of at least 4 members (excludes halogenated alkanes) is 2. The number of nitrogens with one attached hydrogen (secondary N) is 1. The number of nitrogens with two attached hydrogens (primary N) is 1. The molecule has 0 amide bonds. The van der Waals surface area contributed by atoms with Crippen LogP contribution < -0.4 is 11.1 Å². The molecule has 3 heteroatoms. The van der Waals surface area contributed by atoms with Crippen molar-refractivity contribution in [2.75, 3.05) is 12.3 Å². The Morgan fingerprint density at radius 1 is 1.26 bits per heavy atom. The van der Waals surface area contributed by atoms with Crippen molar-refractivity contribution in [2.45, 2.75) is 53.0 Å². The number of para-hydroxylation sites is 1. The lowest BCUT2D eigenvalue weighted by molar-refractivity contribution is 0.302. The van der Waals surface area contributed by atoms with Crippen LogP contribution in [0.1, 0.15) is 52.0 Å². The fourth-order valence-corrected chi connectivity index (χ4v) is 2.21. The Kier molecular flexibility index (Phi) is 6.29. The zero-order chi connectivity index (χ0) is 14.3. The lowest BCUT2D eigenvalue weighted by Gasteiger charge is -2.25. The molecule has 0 bridgehead atoms. The van der Waals surface area contributed by atoms with E-state index in [2.05, 4.69) is 26.1 Å². The standard InChI is InChI=1S/C16H27FN2/c1-4-5-6-10-16(2,3)12-19-11-13-8-7-9-14(17)15(13)18/h7-9,19H,4-6,10-12,18H2,1-3H3. The van der Waals surface area contributed by atoms with Crippen molar-refractivity contribution in [1.29, 1.82) is 0 Å². The molecule has 2 nitrogen and oxygen atoms in total. The molecule has 0 atom stereocenters. The van der Waals surface area contributed by atoms with Crippen molar-refractivity contribution in [3.05, 3.63) is 29.6 Å². The minimum Gasteiger partial charge on any atom is -0.396 e. The van der Waals surface area contributed by atoms with Gasteiger partial charge in [-0.15, -0.1) is 0 Å². The van der Waals surface area contributed by atoms with Crippen LogP contribution in [0.25, 0.3) is 0 Å². The van der Waals surface area contributed by atoms with Crippen molar-refractivity contribution < 1.29 is 4.39 Å². The molecular formula is C16H27FN2. The summed E-state index contributed by atoms with van der Waals surface area (Å²) in [6.45, 7) is 8.31. The molecule has 0 aliphatic rings.